The summed E-state index contributed by atoms with van der Waals surface area (Å²) < 4.78 is 6.19. The van der Waals surface area contributed by atoms with E-state index in [1.165, 1.54) is 0 Å². The van der Waals surface area contributed by atoms with Gasteiger partial charge in [0.1, 0.15) is 5.75 Å². The predicted octanol–water partition coefficient (Wildman–Crippen LogP) is 4.53. The Bertz CT molecular complexity index is 408. The van der Waals surface area contributed by atoms with Crippen LogP contribution in [0.4, 0.5) is 0 Å². The van der Waals surface area contributed by atoms with Crippen LogP contribution in [0.5, 0.6) is 5.75 Å². The number of benzene rings is 1. The average molecular weight is 266 g/mol. The second-order valence-corrected chi connectivity index (χ2v) is 11.4. The largest absolute Gasteiger partial charge is 0.507 e. The molecule has 0 fully saturated rings. The van der Waals surface area contributed by atoms with Gasteiger partial charge < -0.3 is 9.53 Å². The van der Waals surface area contributed by atoms with Gasteiger partial charge in [0.15, 0.2) is 8.32 Å². The Hall–Kier alpha value is -0.803. The molecule has 1 rings (SSSR count). The zero-order valence-corrected chi connectivity index (χ0v) is 13.7. The standard InChI is InChI=1S/C15H26O2Si/c1-11-8-13(9-12(2)14(11)16)10-17-18(6,7)15(3,4)5/h8-9,16H,10H2,1-7H3. The Morgan fingerprint density at radius 3 is 1.94 bits per heavy atom. The van der Waals surface area contributed by atoms with E-state index in [1.54, 1.807) is 0 Å². The van der Waals surface area contributed by atoms with Crippen molar-refractivity contribution in [1.29, 1.82) is 0 Å². The molecule has 3 heteroatoms. The number of aromatic hydroxyl groups is 1. The summed E-state index contributed by atoms with van der Waals surface area (Å²) in [6, 6.07) is 4.02. The molecule has 0 aliphatic heterocycles. The summed E-state index contributed by atoms with van der Waals surface area (Å²) in [6.45, 7) is 15.7. The topological polar surface area (TPSA) is 29.5 Å². The van der Waals surface area contributed by atoms with Gasteiger partial charge in [0.05, 0.1) is 6.61 Å². The van der Waals surface area contributed by atoms with Crippen molar-refractivity contribution in [2.75, 3.05) is 0 Å². The normalized spacial score (nSPS) is 12.8. The summed E-state index contributed by atoms with van der Waals surface area (Å²) >= 11 is 0. The van der Waals surface area contributed by atoms with Crippen molar-refractivity contribution < 1.29 is 9.53 Å². The molecule has 0 aliphatic rings. The van der Waals surface area contributed by atoms with E-state index in [0.29, 0.717) is 12.4 Å². The van der Waals surface area contributed by atoms with Gasteiger partial charge in [0, 0.05) is 0 Å². The number of rotatable bonds is 3. The van der Waals surface area contributed by atoms with E-state index in [-0.39, 0.29) is 5.04 Å². The molecular weight excluding hydrogens is 240 g/mol. The number of phenolic OH excluding ortho intramolecular Hbond substituents is 1. The fraction of sp³-hybridized carbons (Fsp3) is 0.600. The highest BCUT2D eigenvalue weighted by Crippen LogP contribution is 2.37. The molecule has 0 saturated carbocycles. The summed E-state index contributed by atoms with van der Waals surface area (Å²) in [5.41, 5.74) is 2.99. The van der Waals surface area contributed by atoms with Crippen LogP contribution in [0, 0.1) is 13.8 Å². The van der Waals surface area contributed by atoms with E-state index >= 15 is 0 Å². The number of hydrogen-bond donors (Lipinski definition) is 1. The highest BCUT2D eigenvalue weighted by Gasteiger charge is 2.37. The van der Waals surface area contributed by atoms with Gasteiger partial charge in [0.25, 0.3) is 0 Å². The van der Waals surface area contributed by atoms with Crippen LogP contribution in [0.2, 0.25) is 18.1 Å². The second-order valence-electron chi connectivity index (χ2n) is 6.63. The Labute approximate surface area is 112 Å². The lowest BCUT2D eigenvalue weighted by Gasteiger charge is -2.36. The second kappa shape index (κ2) is 5.06. The van der Waals surface area contributed by atoms with E-state index < -0.39 is 8.32 Å². The zero-order chi connectivity index (χ0) is 14.1. The Balaban J connectivity index is 2.82. The third kappa shape index (κ3) is 3.36. The lowest BCUT2D eigenvalue weighted by Crippen LogP contribution is -2.40. The van der Waals surface area contributed by atoms with E-state index in [4.69, 9.17) is 4.43 Å². The molecule has 1 N–H and O–H groups in total. The number of hydrogen-bond acceptors (Lipinski definition) is 2. The van der Waals surface area contributed by atoms with Crippen molar-refractivity contribution in [1.82, 2.24) is 0 Å². The Morgan fingerprint density at radius 2 is 1.56 bits per heavy atom. The molecule has 0 spiro atoms. The van der Waals surface area contributed by atoms with Crippen molar-refractivity contribution in [3.05, 3.63) is 28.8 Å². The van der Waals surface area contributed by atoms with Gasteiger partial charge in [-0.15, -0.1) is 0 Å². The van der Waals surface area contributed by atoms with Crippen molar-refractivity contribution in [2.45, 2.75) is 59.4 Å². The van der Waals surface area contributed by atoms with Crippen LogP contribution in [0.25, 0.3) is 0 Å². The molecule has 0 atom stereocenters. The summed E-state index contributed by atoms with van der Waals surface area (Å²) in [5, 5.41) is 9.99. The van der Waals surface area contributed by atoms with Gasteiger partial charge in [-0.25, -0.2) is 0 Å². The third-order valence-electron chi connectivity index (χ3n) is 3.96. The first-order chi connectivity index (χ1) is 8.04. The first-order valence-corrected chi connectivity index (χ1v) is 9.38. The summed E-state index contributed by atoms with van der Waals surface area (Å²) in [4.78, 5) is 0. The minimum Gasteiger partial charge on any atom is -0.507 e. The monoisotopic (exact) mass is 266 g/mol. The third-order valence-corrected chi connectivity index (χ3v) is 8.44. The van der Waals surface area contributed by atoms with Gasteiger partial charge >= 0.3 is 0 Å². The molecule has 0 bridgehead atoms. The van der Waals surface area contributed by atoms with E-state index in [0.717, 1.165) is 16.7 Å². The molecule has 0 radical (unpaired) electrons. The molecule has 1 aromatic rings. The molecule has 0 unspecified atom stereocenters. The van der Waals surface area contributed by atoms with Crippen LogP contribution in [0.1, 0.15) is 37.5 Å². The Morgan fingerprint density at radius 1 is 1.11 bits per heavy atom. The highest BCUT2D eigenvalue weighted by atomic mass is 28.4. The number of aryl methyl sites for hydroxylation is 2. The van der Waals surface area contributed by atoms with Gasteiger partial charge in [-0.2, -0.15) is 0 Å². The summed E-state index contributed by atoms with van der Waals surface area (Å²) in [7, 11) is -1.70. The molecule has 2 nitrogen and oxygen atoms in total. The highest BCUT2D eigenvalue weighted by molar-refractivity contribution is 6.74. The fourth-order valence-corrected chi connectivity index (χ4v) is 2.57. The lowest BCUT2D eigenvalue weighted by atomic mass is 10.1. The molecule has 0 heterocycles. The maximum Gasteiger partial charge on any atom is 0.192 e. The van der Waals surface area contributed by atoms with E-state index in [2.05, 4.69) is 33.9 Å². The molecule has 18 heavy (non-hydrogen) atoms. The van der Waals surface area contributed by atoms with Crippen LogP contribution in [0.3, 0.4) is 0 Å². The predicted molar refractivity (Wildman–Crippen MR) is 79.6 cm³/mol. The van der Waals surface area contributed by atoms with Crippen LogP contribution in [0.15, 0.2) is 12.1 Å². The maximum absolute atomic E-state index is 9.76. The average Bonchev–Trinajstić information content (AvgIpc) is 2.21. The fourth-order valence-electron chi connectivity index (χ4n) is 1.61. The SMILES string of the molecule is Cc1cc(CO[Si](C)(C)C(C)(C)C)cc(C)c1O. The summed E-state index contributed by atoms with van der Waals surface area (Å²) in [5.74, 6) is 0.395. The molecule has 0 amide bonds. The molecule has 0 aliphatic carbocycles. The van der Waals surface area contributed by atoms with Crippen molar-refractivity contribution in [3.8, 4) is 5.75 Å². The Kier molecular flexibility index (Phi) is 4.29. The maximum atomic E-state index is 9.76. The van der Waals surface area contributed by atoms with Gasteiger partial charge in [-0.1, -0.05) is 32.9 Å². The smallest absolute Gasteiger partial charge is 0.192 e. The zero-order valence-electron chi connectivity index (χ0n) is 12.7. The molecule has 0 aromatic heterocycles. The number of phenols is 1. The molecular formula is C15H26O2Si. The lowest BCUT2D eigenvalue weighted by molar-refractivity contribution is 0.276. The first kappa shape index (κ1) is 15.3. The molecule has 0 saturated heterocycles. The quantitative estimate of drug-likeness (QED) is 0.814. The van der Waals surface area contributed by atoms with Crippen LogP contribution in [-0.2, 0) is 11.0 Å². The van der Waals surface area contributed by atoms with Crippen molar-refractivity contribution in [3.63, 3.8) is 0 Å². The van der Waals surface area contributed by atoms with Crippen LogP contribution >= 0.6 is 0 Å². The van der Waals surface area contributed by atoms with Crippen LogP contribution < -0.4 is 0 Å². The van der Waals surface area contributed by atoms with Gasteiger partial charge in [-0.3, -0.25) is 0 Å². The minimum absolute atomic E-state index is 0.230. The van der Waals surface area contributed by atoms with Crippen LogP contribution in [-0.4, -0.2) is 13.4 Å². The molecule has 102 valence electrons. The van der Waals surface area contributed by atoms with Gasteiger partial charge in [0.2, 0.25) is 0 Å². The first-order valence-electron chi connectivity index (χ1n) is 6.47. The van der Waals surface area contributed by atoms with Crippen molar-refractivity contribution >= 4 is 8.32 Å². The van der Waals surface area contributed by atoms with Gasteiger partial charge in [-0.05, 0) is 48.7 Å². The van der Waals surface area contributed by atoms with E-state index in [9.17, 15) is 5.11 Å². The molecule has 1 aromatic carbocycles. The minimum atomic E-state index is -1.70. The summed E-state index contributed by atoms with van der Waals surface area (Å²) in [6.07, 6.45) is 0. The van der Waals surface area contributed by atoms with E-state index in [1.807, 2.05) is 26.0 Å². The van der Waals surface area contributed by atoms with Crippen molar-refractivity contribution in [2.24, 2.45) is 0 Å².